The molecule has 0 radical (unpaired) electrons. The van der Waals surface area contributed by atoms with Crippen LogP contribution in [0.4, 0.5) is 0 Å². The van der Waals surface area contributed by atoms with Gasteiger partial charge in [0.05, 0.1) is 6.04 Å². The minimum absolute atomic E-state index is 0.204. The molecule has 0 bridgehead atoms. The van der Waals surface area contributed by atoms with Crippen molar-refractivity contribution in [2.45, 2.75) is 12.5 Å². The van der Waals surface area contributed by atoms with Crippen LogP contribution in [0.5, 0.6) is 5.75 Å². The number of phenolic OH excluding ortho intramolecular Hbond substituents is 1. The van der Waals surface area contributed by atoms with Crippen LogP contribution in [0.1, 0.15) is 5.56 Å². The molecule has 5 heteroatoms. The van der Waals surface area contributed by atoms with Gasteiger partial charge >= 0.3 is 0 Å². The zero-order valence-electron chi connectivity index (χ0n) is 9.47. The number of benzene rings is 1. The van der Waals surface area contributed by atoms with Crippen molar-refractivity contribution in [2.75, 3.05) is 14.1 Å². The highest BCUT2D eigenvalue weighted by atomic mass is 16.3. The third kappa shape index (κ3) is 3.88. The summed E-state index contributed by atoms with van der Waals surface area (Å²) in [7, 11) is 3.45. The van der Waals surface area contributed by atoms with Crippen molar-refractivity contribution < 1.29 is 9.90 Å². The summed E-state index contributed by atoms with van der Waals surface area (Å²) in [6.07, 6.45) is 0.444. The second kappa shape index (κ2) is 5.48. The van der Waals surface area contributed by atoms with Gasteiger partial charge in [-0.2, -0.15) is 0 Å². The van der Waals surface area contributed by atoms with Crippen molar-refractivity contribution in [3.05, 3.63) is 29.8 Å². The Kier molecular flexibility index (Phi) is 4.28. The molecule has 1 aromatic rings. The second-order valence-corrected chi connectivity index (χ2v) is 3.85. The Bertz CT molecular complexity index is 349. The van der Waals surface area contributed by atoms with E-state index in [2.05, 4.69) is 5.43 Å². The first-order valence-electron chi connectivity index (χ1n) is 5.00. The molecule has 0 aliphatic heterocycles. The van der Waals surface area contributed by atoms with Crippen LogP contribution in [0.25, 0.3) is 0 Å². The lowest BCUT2D eigenvalue weighted by molar-refractivity contribution is -0.126. The average molecular weight is 223 g/mol. The quantitative estimate of drug-likeness (QED) is 0.620. The predicted molar refractivity (Wildman–Crippen MR) is 61.6 cm³/mol. The minimum Gasteiger partial charge on any atom is -0.508 e. The van der Waals surface area contributed by atoms with Crippen molar-refractivity contribution in [1.82, 2.24) is 10.4 Å². The molecule has 0 unspecified atom stereocenters. The number of aromatic hydroxyl groups is 1. The minimum atomic E-state index is -0.591. The van der Waals surface area contributed by atoms with Crippen LogP contribution in [0, 0.1) is 0 Å². The lowest BCUT2D eigenvalue weighted by Crippen LogP contribution is -2.47. The Labute approximate surface area is 94.8 Å². The summed E-state index contributed by atoms with van der Waals surface area (Å²) in [4.78, 5) is 11.5. The average Bonchev–Trinajstić information content (AvgIpc) is 2.20. The van der Waals surface area contributed by atoms with E-state index < -0.39 is 6.04 Å². The summed E-state index contributed by atoms with van der Waals surface area (Å²) < 4.78 is 0. The van der Waals surface area contributed by atoms with Gasteiger partial charge in [-0.3, -0.25) is 10.2 Å². The number of nitrogens with one attached hydrogen (secondary N) is 1. The fraction of sp³-hybridized carbons (Fsp3) is 0.364. The fourth-order valence-electron chi connectivity index (χ4n) is 1.28. The smallest absolute Gasteiger partial charge is 0.251 e. The third-order valence-electron chi connectivity index (χ3n) is 2.06. The molecule has 4 N–H and O–H groups in total. The van der Waals surface area contributed by atoms with E-state index in [1.165, 1.54) is 0 Å². The van der Waals surface area contributed by atoms with E-state index in [0.29, 0.717) is 6.42 Å². The van der Waals surface area contributed by atoms with Crippen LogP contribution in [-0.2, 0) is 11.2 Å². The second-order valence-electron chi connectivity index (χ2n) is 3.85. The number of carbonyl (C=O) groups excluding carboxylic acids is 1. The van der Waals surface area contributed by atoms with Gasteiger partial charge < -0.3 is 10.8 Å². The van der Waals surface area contributed by atoms with E-state index >= 15 is 0 Å². The summed E-state index contributed by atoms with van der Waals surface area (Å²) in [5.41, 5.74) is 9.24. The molecule has 0 aromatic heterocycles. The van der Waals surface area contributed by atoms with E-state index in [1.54, 1.807) is 43.4 Å². The molecule has 88 valence electrons. The maximum Gasteiger partial charge on any atom is 0.251 e. The summed E-state index contributed by atoms with van der Waals surface area (Å²) >= 11 is 0. The molecular formula is C11H17N3O2. The zero-order chi connectivity index (χ0) is 12.1. The largest absolute Gasteiger partial charge is 0.508 e. The number of rotatable bonds is 4. The van der Waals surface area contributed by atoms with Gasteiger partial charge in [-0.15, -0.1) is 0 Å². The zero-order valence-corrected chi connectivity index (χ0v) is 9.47. The van der Waals surface area contributed by atoms with Gasteiger partial charge in [-0.1, -0.05) is 12.1 Å². The van der Waals surface area contributed by atoms with Crippen LogP contribution in [0.3, 0.4) is 0 Å². The topological polar surface area (TPSA) is 78.6 Å². The molecule has 1 atom stereocenters. The molecule has 0 spiro atoms. The summed E-state index contributed by atoms with van der Waals surface area (Å²) in [5.74, 6) is -0.0202. The third-order valence-corrected chi connectivity index (χ3v) is 2.06. The summed E-state index contributed by atoms with van der Waals surface area (Å²) in [5, 5.41) is 10.7. The monoisotopic (exact) mass is 223 g/mol. The Morgan fingerprint density at radius 1 is 1.44 bits per heavy atom. The number of carbonyl (C=O) groups is 1. The Morgan fingerprint density at radius 2 is 2.00 bits per heavy atom. The lowest BCUT2D eigenvalue weighted by atomic mass is 10.1. The molecule has 0 saturated heterocycles. The molecule has 1 amide bonds. The van der Waals surface area contributed by atoms with Crippen LogP contribution < -0.4 is 11.2 Å². The highest BCUT2D eigenvalue weighted by Gasteiger charge is 2.14. The normalized spacial score (nSPS) is 12.5. The molecule has 0 saturated carbocycles. The van der Waals surface area contributed by atoms with Crippen molar-refractivity contribution >= 4 is 5.91 Å². The first-order chi connectivity index (χ1) is 7.49. The number of amides is 1. The number of hydrogen-bond donors (Lipinski definition) is 3. The predicted octanol–water partition coefficient (Wildman–Crippen LogP) is -0.145. The summed E-state index contributed by atoms with van der Waals surface area (Å²) in [6, 6.07) is 6.06. The first-order valence-corrected chi connectivity index (χ1v) is 5.00. The highest BCUT2D eigenvalue weighted by molar-refractivity contribution is 5.81. The van der Waals surface area contributed by atoms with Crippen molar-refractivity contribution in [3.8, 4) is 5.75 Å². The highest BCUT2D eigenvalue weighted by Crippen LogP contribution is 2.10. The Balaban J connectivity index is 2.53. The molecule has 5 nitrogen and oxygen atoms in total. The van der Waals surface area contributed by atoms with Crippen molar-refractivity contribution in [2.24, 2.45) is 5.73 Å². The standard InChI is InChI=1S/C11H17N3O2/c1-14(2)13-11(16)10(12)7-8-3-5-9(15)6-4-8/h3-6,10,15H,7,12H2,1-2H3,(H,13,16)/t10-/m0/s1. The van der Waals surface area contributed by atoms with E-state index in [-0.39, 0.29) is 11.7 Å². The number of hydrazine groups is 1. The molecule has 0 heterocycles. The van der Waals surface area contributed by atoms with Gasteiger partial charge in [0.15, 0.2) is 0 Å². The van der Waals surface area contributed by atoms with E-state index in [4.69, 9.17) is 10.8 Å². The number of phenols is 1. The Morgan fingerprint density at radius 3 is 2.50 bits per heavy atom. The fourth-order valence-corrected chi connectivity index (χ4v) is 1.28. The van der Waals surface area contributed by atoms with Gasteiger partial charge in [0, 0.05) is 14.1 Å². The van der Waals surface area contributed by atoms with Crippen LogP contribution >= 0.6 is 0 Å². The van der Waals surface area contributed by atoms with E-state index in [9.17, 15) is 4.79 Å². The van der Waals surface area contributed by atoms with Crippen LogP contribution in [-0.4, -0.2) is 36.2 Å². The molecule has 0 aliphatic rings. The van der Waals surface area contributed by atoms with E-state index in [1.807, 2.05) is 0 Å². The SMILES string of the molecule is CN(C)NC(=O)[C@@H](N)Cc1ccc(O)cc1. The van der Waals surface area contributed by atoms with Crippen LogP contribution in [0.15, 0.2) is 24.3 Å². The van der Waals surface area contributed by atoms with Gasteiger partial charge in [0.1, 0.15) is 5.75 Å². The Hall–Kier alpha value is -1.59. The van der Waals surface area contributed by atoms with Gasteiger partial charge in [-0.05, 0) is 24.1 Å². The number of nitrogens with zero attached hydrogens (tertiary/aromatic N) is 1. The maximum absolute atomic E-state index is 11.5. The molecule has 1 aromatic carbocycles. The van der Waals surface area contributed by atoms with Gasteiger partial charge in [0.2, 0.25) is 0 Å². The van der Waals surface area contributed by atoms with Crippen molar-refractivity contribution in [3.63, 3.8) is 0 Å². The van der Waals surface area contributed by atoms with Crippen molar-refractivity contribution in [1.29, 1.82) is 0 Å². The molecule has 1 rings (SSSR count). The number of hydrogen-bond acceptors (Lipinski definition) is 4. The van der Waals surface area contributed by atoms with E-state index in [0.717, 1.165) is 5.56 Å². The molecular weight excluding hydrogens is 206 g/mol. The molecule has 0 fully saturated rings. The summed E-state index contributed by atoms with van der Waals surface area (Å²) in [6.45, 7) is 0. The van der Waals surface area contributed by atoms with Gasteiger partial charge in [-0.25, -0.2) is 5.01 Å². The molecule has 16 heavy (non-hydrogen) atoms. The van der Waals surface area contributed by atoms with Gasteiger partial charge in [0.25, 0.3) is 5.91 Å². The number of nitrogens with two attached hydrogens (primary N) is 1. The molecule has 0 aliphatic carbocycles. The first kappa shape index (κ1) is 12.5. The lowest BCUT2D eigenvalue weighted by Gasteiger charge is -2.16. The van der Waals surface area contributed by atoms with Crippen LogP contribution in [0.2, 0.25) is 0 Å². The maximum atomic E-state index is 11.5.